The van der Waals surface area contributed by atoms with Crippen molar-refractivity contribution in [1.29, 1.82) is 0 Å². The van der Waals surface area contributed by atoms with E-state index in [-0.39, 0.29) is 4.90 Å². The average Bonchev–Trinajstić information content (AvgIpc) is 2.78. The molecule has 0 bridgehead atoms. The van der Waals surface area contributed by atoms with Gasteiger partial charge in [-0.15, -0.1) is 0 Å². The Morgan fingerprint density at radius 3 is 2.06 bits per heavy atom. The van der Waals surface area contributed by atoms with Crippen molar-refractivity contribution in [2.24, 2.45) is 0 Å². The van der Waals surface area contributed by atoms with Gasteiger partial charge >= 0.3 is 5.97 Å². The third-order valence-corrected chi connectivity index (χ3v) is 7.00. The van der Waals surface area contributed by atoms with Gasteiger partial charge in [0, 0.05) is 0 Å². The van der Waals surface area contributed by atoms with Gasteiger partial charge in [0.1, 0.15) is 6.04 Å². The minimum absolute atomic E-state index is 0.0316. The van der Waals surface area contributed by atoms with Gasteiger partial charge < -0.3 is 5.11 Å². The molecule has 6 heteroatoms. The van der Waals surface area contributed by atoms with Crippen molar-refractivity contribution in [2.45, 2.75) is 30.7 Å². The van der Waals surface area contributed by atoms with Gasteiger partial charge in [-0.3, -0.25) is 4.79 Å². The van der Waals surface area contributed by atoms with Crippen LogP contribution in [-0.4, -0.2) is 25.5 Å². The van der Waals surface area contributed by atoms with E-state index in [1.807, 2.05) is 12.1 Å². The number of carboxylic acid groups (broad SMARTS) is 1. The number of benzene rings is 3. The zero-order chi connectivity index (χ0) is 22.0. The molecule has 1 atom stereocenters. The van der Waals surface area contributed by atoms with E-state index >= 15 is 0 Å². The van der Waals surface area contributed by atoms with Crippen molar-refractivity contribution in [3.05, 3.63) is 83.9 Å². The number of allylic oxidation sites excluding steroid dienone is 1. The third kappa shape index (κ3) is 4.60. The zero-order valence-electron chi connectivity index (χ0n) is 17.1. The van der Waals surface area contributed by atoms with Crippen molar-refractivity contribution in [3.8, 4) is 22.3 Å². The van der Waals surface area contributed by atoms with E-state index in [9.17, 15) is 13.2 Å². The Morgan fingerprint density at radius 1 is 0.903 bits per heavy atom. The lowest BCUT2D eigenvalue weighted by atomic mass is 9.92. The zero-order valence-corrected chi connectivity index (χ0v) is 17.9. The molecular weight excluding hydrogens is 410 g/mol. The first kappa shape index (κ1) is 21.0. The van der Waals surface area contributed by atoms with Gasteiger partial charge in [0.25, 0.3) is 0 Å². The van der Waals surface area contributed by atoms with Crippen LogP contribution in [0.2, 0.25) is 0 Å². The number of nitrogens with one attached hydrogen (secondary N) is 1. The summed E-state index contributed by atoms with van der Waals surface area (Å²) in [4.78, 5) is 10.9. The Hall–Kier alpha value is -3.22. The second kappa shape index (κ2) is 8.49. The Labute approximate surface area is 182 Å². The lowest BCUT2D eigenvalue weighted by Crippen LogP contribution is -2.38. The molecule has 0 fully saturated rings. The van der Waals surface area contributed by atoms with Gasteiger partial charge in [-0.2, -0.15) is 4.72 Å². The largest absolute Gasteiger partial charge is 0.480 e. The fourth-order valence-electron chi connectivity index (χ4n) is 3.65. The van der Waals surface area contributed by atoms with Gasteiger partial charge in [0.15, 0.2) is 0 Å². The highest BCUT2D eigenvalue weighted by atomic mass is 32.2. The summed E-state index contributed by atoms with van der Waals surface area (Å²) in [5, 5.41) is 8.92. The minimum Gasteiger partial charge on any atom is -0.480 e. The van der Waals surface area contributed by atoms with E-state index in [4.69, 9.17) is 5.11 Å². The predicted octanol–water partition coefficient (Wildman–Crippen LogP) is 4.73. The van der Waals surface area contributed by atoms with Crippen LogP contribution in [0.1, 0.15) is 24.5 Å². The molecule has 1 aliphatic rings. The Bertz CT molecular complexity index is 1240. The van der Waals surface area contributed by atoms with Crippen molar-refractivity contribution >= 4 is 22.1 Å². The van der Waals surface area contributed by atoms with E-state index < -0.39 is 22.0 Å². The number of rotatable bonds is 6. The summed E-state index contributed by atoms with van der Waals surface area (Å²) in [6.07, 6.45) is 6.52. The molecule has 2 N–H and O–H groups in total. The summed E-state index contributed by atoms with van der Waals surface area (Å²) in [5.74, 6) is -1.23. The molecule has 0 aromatic heterocycles. The van der Waals surface area contributed by atoms with Crippen LogP contribution in [0.25, 0.3) is 28.3 Å². The fourth-order valence-corrected chi connectivity index (χ4v) is 4.84. The first-order chi connectivity index (χ1) is 14.8. The standard InChI is InChI=1S/C25H23NO4S/c1-17(25(27)28)26-31(29,30)24-14-12-20(13-15-24)19-6-8-21(9-7-19)23-11-10-18-4-2-3-5-22(18)16-23/h2,4,6-17,26H,3,5H2,1H3,(H,27,28). The van der Waals surface area contributed by atoms with Gasteiger partial charge in [0.2, 0.25) is 10.0 Å². The van der Waals surface area contributed by atoms with Crippen LogP contribution in [0.4, 0.5) is 0 Å². The summed E-state index contributed by atoms with van der Waals surface area (Å²) in [6.45, 7) is 1.29. The van der Waals surface area contributed by atoms with Crippen molar-refractivity contribution in [3.63, 3.8) is 0 Å². The molecule has 3 aromatic carbocycles. The number of carbonyl (C=O) groups is 1. The van der Waals surface area contributed by atoms with Gasteiger partial charge in [0.05, 0.1) is 4.90 Å². The molecule has 0 saturated heterocycles. The van der Waals surface area contributed by atoms with Crippen molar-refractivity contribution in [1.82, 2.24) is 4.72 Å². The number of fused-ring (bicyclic) bond motifs is 1. The number of carboxylic acids is 1. The second-order valence-corrected chi connectivity index (χ2v) is 9.35. The quantitative estimate of drug-likeness (QED) is 0.589. The molecule has 1 aliphatic carbocycles. The number of sulfonamides is 1. The van der Waals surface area contributed by atoms with Crippen LogP contribution >= 0.6 is 0 Å². The number of hydrogen-bond acceptors (Lipinski definition) is 3. The van der Waals surface area contributed by atoms with E-state index in [2.05, 4.69) is 47.2 Å². The van der Waals surface area contributed by atoms with Gasteiger partial charge in [-0.1, -0.05) is 66.7 Å². The molecule has 0 amide bonds. The van der Waals surface area contributed by atoms with Gasteiger partial charge in [-0.05, 0) is 65.3 Å². The molecule has 0 heterocycles. The minimum atomic E-state index is -3.89. The Kier molecular flexibility index (Phi) is 5.76. The van der Waals surface area contributed by atoms with Crippen LogP contribution in [0.15, 0.2) is 77.7 Å². The van der Waals surface area contributed by atoms with Crippen LogP contribution in [0.3, 0.4) is 0 Å². The molecular formula is C25H23NO4S. The fraction of sp³-hybridized carbons (Fsp3) is 0.160. The SMILES string of the molecule is CC(NS(=O)(=O)c1ccc(-c2ccc(-c3ccc4c(c3)CCC=C4)cc2)cc1)C(=O)O. The van der Waals surface area contributed by atoms with Crippen molar-refractivity contribution in [2.75, 3.05) is 0 Å². The summed E-state index contributed by atoms with van der Waals surface area (Å²) in [7, 11) is -3.89. The molecule has 0 saturated carbocycles. The molecule has 1 unspecified atom stereocenters. The summed E-state index contributed by atoms with van der Waals surface area (Å²) >= 11 is 0. The summed E-state index contributed by atoms with van der Waals surface area (Å²) < 4.78 is 26.8. The number of aliphatic carboxylic acids is 1. The van der Waals surface area contributed by atoms with E-state index in [1.54, 1.807) is 12.1 Å². The highest BCUT2D eigenvalue weighted by Crippen LogP contribution is 2.29. The predicted molar refractivity (Wildman–Crippen MR) is 122 cm³/mol. The molecule has 5 nitrogen and oxygen atoms in total. The highest BCUT2D eigenvalue weighted by molar-refractivity contribution is 7.89. The van der Waals surface area contributed by atoms with E-state index in [1.165, 1.54) is 35.7 Å². The molecule has 158 valence electrons. The molecule has 0 aliphatic heterocycles. The highest BCUT2D eigenvalue weighted by Gasteiger charge is 2.21. The van der Waals surface area contributed by atoms with Crippen LogP contribution in [-0.2, 0) is 21.2 Å². The lowest BCUT2D eigenvalue weighted by Gasteiger charge is -2.13. The normalized spacial score (nSPS) is 14.1. The molecule has 4 rings (SSSR count). The maximum atomic E-state index is 12.3. The second-order valence-electron chi connectivity index (χ2n) is 7.64. The molecule has 0 spiro atoms. The monoisotopic (exact) mass is 433 g/mol. The maximum absolute atomic E-state index is 12.3. The van der Waals surface area contributed by atoms with Crippen molar-refractivity contribution < 1.29 is 18.3 Å². The summed E-state index contributed by atoms with van der Waals surface area (Å²) in [6, 6.07) is 19.9. The third-order valence-electron chi connectivity index (χ3n) is 5.44. The molecule has 0 radical (unpaired) electrons. The van der Waals surface area contributed by atoms with E-state index in [0.29, 0.717) is 0 Å². The van der Waals surface area contributed by atoms with E-state index in [0.717, 1.165) is 29.5 Å². The van der Waals surface area contributed by atoms with Crippen LogP contribution in [0.5, 0.6) is 0 Å². The smallest absolute Gasteiger partial charge is 0.321 e. The van der Waals surface area contributed by atoms with Gasteiger partial charge in [-0.25, -0.2) is 8.42 Å². The Morgan fingerprint density at radius 2 is 1.45 bits per heavy atom. The molecule has 31 heavy (non-hydrogen) atoms. The lowest BCUT2D eigenvalue weighted by molar-refractivity contribution is -0.138. The summed E-state index contributed by atoms with van der Waals surface area (Å²) in [5.41, 5.74) is 6.82. The number of aryl methyl sites for hydroxylation is 1. The molecule has 3 aromatic rings. The first-order valence-electron chi connectivity index (χ1n) is 10.1. The topological polar surface area (TPSA) is 83.5 Å². The maximum Gasteiger partial charge on any atom is 0.321 e. The van der Waals surface area contributed by atoms with Crippen LogP contribution in [0, 0.1) is 0 Å². The number of hydrogen-bond donors (Lipinski definition) is 2. The first-order valence-corrected chi connectivity index (χ1v) is 11.6. The van der Waals surface area contributed by atoms with Crippen LogP contribution < -0.4 is 4.72 Å². The Balaban J connectivity index is 1.53. The average molecular weight is 434 g/mol.